The molecule has 0 aliphatic rings. The summed E-state index contributed by atoms with van der Waals surface area (Å²) in [6, 6.07) is 7.87. The molecule has 0 radical (unpaired) electrons. The molecule has 160 valence electrons. The first kappa shape index (κ1) is 22.2. The van der Waals surface area contributed by atoms with E-state index in [1.165, 1.54) is 31.5 Å². The molecule has 0 aliphatic heterocycles. The molecule has 31 heavy (non-hydrogen) atoms. The number of rotatable bonds is 8. The molecule has 0 saturated heterocycles. The van der Waals surface area contributed by atoms with E-state index in [-0.39, 0.29) is 11.6 Å². The van der Waals surface area contributed by atoms with E-state index in [9.17, 15) is 14.9 Å². The SMILES string of the molecule is CC(=O)Nc1cnc(NCCNc2ccc([N+](=O)[O-])cn2)nc1-c1ccc(Cl)cc1Cl. The largest absolute Gasteiger partial charge is 0.368 e. The zero-order valence-electron chi connectivity index (χ0n) is 16.2. The summed E-state index contributed by atoms with van der Waals surface area (Å²) in [6.45, 7) is 2.28. The standard InChI is InChI=1S/C19H17Cl2N7O3/c1-11(29)26-16-10-25-19(27-18(16)14-4-2-12(20)8-15(14)21)23-7-6-22-17-5-3-13(9-24-17)28(30)31/h2-5,8-10H,6-7H2,1H3,(H,22,24)(H,26,29)(H,23,25,27). The zero-order valence-corrected chi connectivity index (χ0v) is 17.7. The fraction of sp³-hybridized carbons (Fsp3) is 0.158. The van der Waals surface area contributed by atoms with Crippen LogP contribution in [0.1, 0.15) is 6.92 Å². The minimum absolute atomic E-state index is 0.0790. The predicted octanol–water partition coefficient (Wildman–Crippen LogP) is 4.24. The molecular weight excluding hydrogens is 445 g/mol. The molecule has 1 aromatic carbocycles. The number of amides is 1. The Balaban J connectivity index is 1.70. The van der Waals surface area contributed by atoms with Crippen LogP contribution in [0.15, 0.2) is 42.7 Å². The van der Waals surface area contributed by atoms with Crippen molar-refractivity contribution in [2.24, 2.45) is 0 Å². The van der Waals surface area contributed by atoms with Gasteiger partial charge in [-0.25, -0.2) is 15.0 Å². The van der Waals surface area contributed by atoms with E-state index in [0.29, 0.717) is 51.8 Å². The highest BCUT2D eigenvalue weighted by atomic mass is 35.5. The van der Waals surface area contributed by atoms with Crippen molar-refractivity contribution in [1.82, 2.24) is 15.0 Å². The quantitative estimate of drug-likeness (QED) is 0.257. The number of nitro groups is 1. The van der Waals surface area contributed by atoms with Gasteiger partial charge in [0.15, 0.2) is 0 Å². The van der Waals surface area contributed by atoms with Gasteiger partial charge in [0.05, 0.1) is 21.8 Å². The number of carbonyl (C=O) groups excluding carboxylic acids is 1. The van der Waals surface area contributed by atoms with Crippen molar-refractivity contribution in [1.29, 1.82) is 0 Å². The molecule has 12 heteroatoms. The highest BCUT2D eigenvalue weighted by Gasteiger charge is 2.14. The Labute approximate surface area is 187 Å². The van der Waals surface area contributed by atoms with Gasteiger partial charge in [-0.15, -0.1) is 0 Å². The average molecular weight is 462 g/mol. The first-order valence-corrected chi connectivity index (χ1v) is 9.77. The number of benzene rings is 1. The van der Waals surface area contributed by atoms with Gasteiger partial charge >= 0.3 is 0 Å². The van der Waals surface area contributed by atoms with Crippen molar-refractivity contribution in [2.75, 3.05) is 29.0 Å². The summed E-state index contributed by atoms with van der Waals surface area (Å²) >= 11 is 12.3. The Kier molecular flexibility index (Phi) is 7.16. The van der Waals surface area contributed by atoms with Gasteiger partial charge in [-0.1, -0.05) is 23.2 Å². The molecule has 3 rings (SSSR count). The van der Waals surface area contributed by atoms with E-state index in [1.807, 2.05) is 0 Å². The average Bonchev–Trinajstić information content (AvgIpc) is 2.72. The third kappa shape index (κ3) is 6.00. The van der Waals surface area contributed by atoms with E-state index < -0.39 is 4.92 Å². The van der Waals surface area contributed by atoms with Gasteiger partial charge in [-0.3, -0.25) is 14.9 Å². The molecule has 0 spiro atoms. The van der Waals surface area contributed by atoms with Crippen LogP contribution in [0.2, 0.25) is 10.0 Å². The van der Waals surface area contributed by atoms with Crippen molar-refractivity contribution < 1.29 is 9.72 Å². The van der Waals surface area contributed by atoms with E-state index in [1.54, 1.807) is 18.2 Å². The van der Waals surface area contributed by atoms with E-state index in [2.05, 4.69) is 30.9 Å². The highest BCUT2D eigenvalue weighted by molar-refractivity contribution is 6.36. The van der Waals surface area contributed by atoms with Gasteiger partial charge < -0.3 is 16.0 Å². The lowest BCUT2D eigenvalue weighted by molar-refractivity contribution is -0.385. The number of hydrogen-bond acceptors (Lipinski definition) is 8. The Hall–Kier alpha value is -3.50. The van der Waals surface area contributed by atoms with Crippen molar-refractivity contribution in [2.45, 2.75) is 6.92 Å². The van der Waals surface area contributed by atoms with Crippen molar-refractivity contribution in [3.63, 3.8) is 0 Å². The summed E-state index contributed by atoms with van der Waals surface area (Å²) in [5.41, 5.74) is 1.37. The molecule has 10 nitrogen and oxygen atoms in total. The van der Waals surface area contributed by atoms with Crippen LogP contribution in [-0.2, 0) is 4.79 Å². The van der Waals surface area contributed by atoms with Crippen LogP contribution in [0.5, 0.6) is 0 Å². The Bertz CT molecular complexity index is 1110. The van der Waals surface area contributed by atoms with Crippen molar-refractivity contribution in [3.8, 4) is 11.3 Å². The second-order valence-electron chi connectivity index (χ2n) is 6.27. The van der Waals surface area contributed by atoms with Crippen LogP contribution < -0.4 is 16.0 Å². The first-order valence-electron chi connectivity index (χ1n) is 9.01. The number of halogens is 2. The van der Waals surface area contributed by atoms with E-state index in [0.717, 1.165) is 0 Å². The van der Waals surface area contributed by atoms with Gasteiger partial charge in [-0.05, 0) is 24.3 Å². The summed E-state index contributed by atoms with van der Waals surface area (Å²) < 4.78 is 0. The normalized spacial score (nSPS) is 10.4. The van der Waals surface area contributed by atoms with E-state index in [4.69, 9.17) is 23.2 Å². The molecule has 0 bridgehead atoms. The fourth-order valence-electron chi connectivity index (χ4n) is 2.60. The lowest BCUT2D eigenvalue weighted by Gasteiger charge is -2.13. The second-order valence-corrected chi connectivity index (χ2v) is 7.12. The van der Waals surface area contributed by atoms with Gasteiger partial charge in [0, 0.05) is 36.7 Å². The molecule has 0 fully saturated rings. The van der Waals surface area contributed by atoms with Gasteiger partial charge in [0.2, 0.25) is 11.9 Å². The predicted molar refractivity (Wildman–Crippen MR) is 120 cm³/mol. The molecule has 0 aliphatic carbocycles. The monoisotopic (exact) mass is 461 g/mol. The zero-order chi connectivity index (χ0) is 22.4. The second kappa shape index (κ2) is 10.0. The lowest BCUT2D eigenvalue weighted by Crippen LogP contribution is -2.16. The Morgan fingerprint density at radius 1 is 1.10 bits per heavy atom. The van der Waals surface area contributed by atoms with E-state index >= 15 is 0 Å². The van der Waals surface area contributed by atoms with Crippen molar-refractivity contribution >= 4 is 52.3 Å². The molecule has 2 aromatic heterocycles. The highest BCUT2D eigenvalue weighted by Crippen LogP contribution is 2.33. The third-order valence-corrected chi connectivity index (χ3v) is 4.51. The number of aromatic nitrogens is 3. The van der Waals surface area contributed by atoms with Crippen molar-refractivity contribution in [3.05, 3.63) is 62.9 Å². The van der Waals surface area contributed by atoms with Gasteiger partial charge in [0.25, 0.3) is 5.69 Å². The maximum absolute atomic E-state index is 11.5. The fourth-order valence-corrected chi connectivity index (χ4v) is 3.10. The number of carbonyl (C=O) groups is 1. The van der Waals surface area contributed by atoms with Crippen LogP contribution in [0, 0.1) is 10.1 Å². The molecule has 3 aromatic rings. The van der Waals surface area contributed by atoms with Crippen LogP contribution in [0.4, 0.5) is 23.1 Å². The molecule has 0 saturated carbocycles. The summed E-state index contributed by atoms with van der Waals surface area (Å²) in [7, 11) is 0. The smallest absolute Gasteiger partial charge is 0.287 e. The Morgan fingerprint density at radius 3 is 2.52 bits per heavy atom. The molecule has 0 atom stereocenters. The number of anilines is 3. The number of pyridine rings is 1. The van der Waals surface area contributed by atoms with Crippen LogP contribution in [-0.4, -0.2) is 38.9 Å². The number of nitrogens with one attached hydrogen (secondary N) is 3. The summed E-state index contributed by atoms with van der Waals surface area (Å²) in [6.07, 6.45) is 2.67. The molecule has 3 N–H and O–H groups in total. The van der Waals surface area contributed by atoms with Crippen LogP contribution in [0.3, 0.4) is 0 Å². The summed E-state index contributed by atoms with van der Waals surface area (Å²) in [5.74, 6) is 0.562. The van der Waals surface area contributed by atoms with Crippen LogP contribution in [0.25, 0.3) is 11.3 Å². The maximum atomic E-state index is 11.5. The molecule has 0 unspecified atom stereocenters. The van der Waals surface area contributed by atoms with Gasteiger partial charge in [0.1, 0.15) is 17.7 Å². The molecular formula is C19H17Cl2N7O3. The summed E-state index contributed by atoms with van der Waals surface area (Å²) in [5, 5.41) is 20.3. The third-order valence-electron chi connectivity index (χ3n) is 3.96. The number of nitrogens with zero attached hydrogens (tertiary/aromatic N) is 4. The summed E-state index contributed by atoms with van der Waals surface area (Å²) in [4.78, 5) is 34.4. The molecule has 2 heterocycles. The minimum atomic E-state index is -0.509. The minimum Gasteiger partial charge on any atom is -0.368 e. The Morgan fingerprint density at radius 2 is 1.87 bits per heavy atom. The van der Waals surface area contributed by atoms with Gasteiger partial charge in [-0.2, -0.15) is 0 Å². The lowest BCUT2D eigenvalue weighted by atomic mass is 10.1. The first-order chi connectivity index (χ1) is 14.8. The topological polar surface area (TPSA) is 135 Å². The molecule has 1 amide bonds. The van der Waals surface area contributed by atoms with Crippen LogP contribution >= 0.6 is 23.2 Å². The maximum Gasteiger partial charge on any atom is 0.287 e. The number of hydrogen-bond donors (Lipinski definition) is 3.